The summed E-state index contributed by atoms with van der Waals surface area (Å²) in [5, 5.41) is 0. The van der Waals surface area contributed by atoms with Gasteiger partial charge in [0.15, 0.2) is 0 Å². The van der Waals surface area contributed by atoms with Crippen molar-refractivity contribution < 1.29 is 4.79 Å². The second-order valence-corrected chi connectivity index (χ2v) is 6.33. The van der Waals surface area contributed by atoms with E-state index < -0.39 is 0 Å². The normalized spacial score (nSPS) is 19.1. The third kappa shape index (κ3) is 2.67. The summed E-state index contributed by atoms with van der Waals surface area (Å²) in [7, 11) is 4.03. The Morgan fingerprint density at radius 1 is 1.05 bits per heavy atom. The van der Waals surface area contributed by atoms with Crippen LogP contribution in [0.15, 0.2) is 24.3 Å². The molecule has 1 amide bonds. The predicted molar refractivity (Wildman–Crippen MR) is 82.2 cm³/mol. The van der Waals surface area contributed by atoms with Gasteiger partial charge in [-0.3, -0.25) is 4.79 Å². The number of carbonyl (C=O) groups excluding carboxylic acids is 1. The average Bonchev–Trinajstić information content (AvgIpc) is 3.13. The summed E-state index contributed by atoms with van der Waals surface area (Å²) in [6, 6.07) is 9.01. The Labute approximate surface area is 121 Å². The Balaban J connectivity index is 1.83. The zero-order chi connectivity index (χ0) is 14.1. The van der Waals surface area contributed by atoms with Crippen LogP contribution in [-0.4, -0.2) is 37.0 Å². The zero-order valence-corrected chi connectivity index (χ0v) is 12.5. The van der Waals surface area contributed by atoms with Gasteiger partial charge < -0.3 is 9.80 Å². The first-order valence-corrected chi connectivity index (χ1v) is 7.77. The first-order valence-electron chi connectivity index (χ1n) is 7.77. The topological polar surface area (TPSA) is 23.6 Å². The van der Waals surface area contributed by atoms with Gasteiger partial charge in [0.2, 0.25) is 0 Å². The lowest BCUT2D eigenvalue weighted by atomic mass is 10.1. The van der Waals surface area contributed by atoms with Crippen LogP contribution >= 0.6 is 0 Å². The van der Waals surface area contributed by atoms with Crippen LogP contribution < -0.4 is 4.90 Å². The average molecular weight is 272 g/mol. The third-order valence-electron chi connectivity index (χ3n) is 4.50. The highest BCUT2D eigenvalue weighted by Gasteiger charge is 2.38. The molecule has 0 atom stereocenters. The number of hydrogen-bond acceptors (Lipinski definition) is 2. The van der Waals surface area contributed by atoms with Gasteiger partial charge >= 0.3 is 0 Å². The fraction of sp³-hybridized carbons (Fsp3) is 0.588. The highest BCUT2D eigenvalue weighted by atomic mass is 16.2. The second kappa shape index (κ2) is 5.47. The molecule has 2 saturated carbocycles. The van der Waals surface area contributed by atoms with Crippen LogP contribution in [0.4, 0.5) is 5.69 Å². The maximum atomic E-state index is 12.9. The fourth-order valence-electron chi connectivity index (χ4n) is 3.23. The minimum Gasteiger partial charge on any atom is -0.378 e. The highest BCUT2D eigenvalue weighted by Crippen LogP contribution is 2.35. The lowest BCUT2D eigenvalue weighted by molar-refractivity contribution is 0.0664. The van der Waals surface area contributed by atoms with Gasteiger partial charge in [0, 0.05) is 37.4 Å². The van der Waals surface area contributed by atoms with Gasteiger partial charge in [-0.2, -0.15) is 0 Å². The standard InChI is InChI=1S/C17H24N2O/c1-18(2)16-9-5-6-13(12-16)17(20)19(15-10-11-15)14-7-3-4-8-14/h5-6,9,12,14-15H,3-4,7-8,10-11H2,1-2H3. The Morgan fingerprint density at radius 3 is 2.30 bits per heavy atom. The van der Waals surface area contributed by atoms with Gasteiger partial charge in [-0.15, -0.1) is 0 Å². The fourth-order valence-corrected chi connectivity index (χ4v) is 3.23. The Kier molecular flexibility index (Phi) is 3.68. The van der Waals surface area contributed by atoms with E-state index in [9.17, 15) is 4.79 Å². The summed E-state index contributed by atoms with van der Waals surface area (Å²) in [6.07, 6.45) is 7.31. The first kappa shape index (κ1) is 13.5. The Bertz CT molecular complexity index is 488. The molecule has 0 N–H and O–H groups in total. The van der Waals surface area contributed by atoms with E-state index in [1.54, 1.807) is 0 Å². The van der Waals surface area contributed by atoms with Gasteiger partial charge in [0.05, 0.1) is 0 Å². The maximum Gasteiger partial charge on any atom is 0.254 e. The van der Waals surface area contributed by atoms with Crippen LogP contribution in [0, 0.1) is 0 Å². The molecule has 0 bridgehead atoms. The SMILES string of the molecule is CN(C)c1cccc(C(=O)N(C2CCCC2)C2CC2)c1. The molecule has 0 saturated heterocycles. The van der Waals surface area contributed by atoms with Gasteiger partial charge in [-0.05, 0) is 43.9 Å². The molecule has 108 valence electrons. The summed E-state index contributed by atoms with van der Waals surface area (Å²) in [5.74, 6) is 0.239. The summed E-state index contributed by atoms with van der Waals surface area (Å²) < 4.78 is 0. The van der Waals surface area contributed by atoms with Crippen LogP contribution in [0.2, 0.25) is 0 Å². The number of rotatable bonds is 4. The summed E-state index contributed by atoms with van der Waals surface area (Å²) in [5.41, 5.74) is 1.94. The predicted octanol–water partition coefficient (Wildman–Crippen LogP) is 3.30. The number of hydrogen-bond donors (Lipinski definition) is 0. The van der Waals surface area contributed by atoms with Crippen molar-refractivity contribution in [1.29, 1.82) is 0 Å². The van der Waals surface area contributed by atoms with Crippen molar-refractivity contribution >= 4 is 11.6 Å². The van der Waals surface area contributed by atoms with E-state index in [0.717, 1.165) is 11.3 Å². The number of benzene rings is 1. The van der Waals surface area contributed by atoms with Crippen LogP contribution in [-0.2, 0) is 0 Å². The van der Waals surface area contributed by atoms with E-state index >= 15 is 0 Å². The van der Waals surface area contributed by atoms with Gasteiger partial charge in [-0.25, -0.2) is 0 Å². The third-order valence-corrected chi connectivity index (χ3v) is 4.50. The van der Waals surface area contributed by atoms with Crippen molar-refractivity contribution in [3.63, 3.8) is 0 Å². The molecule has 2 aliphatic carbocycles. The second-order valence-electron chi connectivity index (χ2n) is 6.33. The molecule has 0 radical (unpaired) electrons. The van der Waals surface area contributed by atoms with Crippen LogP contribution in [0.3, 0.4) is 0 Å². The smallest absolute Gasteiger partial charge is 0.254 e. The van der Waals surface area contributed by atoms with E-state index in [0.29, 0.717) is 12.1 Å². The molecular formula is C17H24N2O. The van der Waals surface area contributed by atoms with Crippen molar-refractivity contribution in [2.45, 2.75) is 50.6 Å². The number of amides is 1. The van der Waals surface area contributed by atoms with Crippen molar-refractivity contribution in [3.8, 4) is 0 Å². The molecular weight excluding hydrogens is 248 g/mol. The Morgan fingerprint density at radius 2 is 1.70 bits per heavy atom. The molecule has 0 aliphatic heterocycles. The van der Waals surface area contributed by atoms with Crippen molar-refractivity contribution in [3.05, 3.63) is 29.8 Å². The maximum absolute atomic E-state index is 12.9. The van der Waals surface area contributed by atoms with Crippen molar-refractivity contribution in [2.24, 2.45) is 0 Å². The monoisotopic (exact) mass is 272 g/mol. The lowest BCUT2D eigenvalue weighted by Crippen LogP contribution is -2.40. The van der Waals surface area contributed by atoms with Crippen LogP contribution in [0.25, 0.3) is 0 Å². The first-order chi connectivity index (χ1) is 9.66. The number of nitrogens with zero attached hydrogens (tertiary/aromatic N) is 2. The van der Waals surface area contributed by atoms with Gasteiger partial charge in [0.1, 0.15) is 0 Å². The lowest BCUT2D eigenvalue weighted by Gasteiger charge is -2.29. The molecule has 2 fully saturated rings. The molecule has 0 spiro atoms. The number of carbonyl (C=O) groups is 1. The molecule has 3 nitrogen and oxygen atoms in total. The summed E-state index contributed by atoms with van der Waals surface area (Å²) in [6.45, 7) is 0. The molecule has 1 aromatic carbocycles. The van der Waals surface area contributed by atoms with Crippen LogP contribution in [0.5, 0.6) is 0 Å². The van der Waals surface area contributed by atoms with Crippen LogP contribution in [0.1, 0.15) is 48.9 Å². The molecule has 20 heavy (non-hydrogen) atoms. The molecule has 1 aromatic rings. The van der Waals surface area contributed by atoms with Gasteiger partial charge in [0.25, 0.3) is 5.91 Å². The molecule has 3 heteroatoms. The Hall–Kier alpha value is -1.51. The van der Waals surface area contributed by atoms with Crippen molar-refractivity contribution in [2.75, 3.05) is 19.0 Å². The highest BCUT2D eigenvalue weighted by molar-refractivity contribution is 5.95. The van der Waals surface area contributed by atoms with Crippen molar-refractivity contribution in [1.82, 2.24) is 4.90 Å². The summed E-state index contributed by atoms with van der Waals surface area (Å²) in [4.78, 5) is 17.1. The van der Waals surface area contributed by atoms with E-state index in [2.05, 4.69) is 4.90 Å². The quantitative estimate of drug-likeness (QED) is 0.839. The van der Waals surface area contributed by atoms with E-state index in [1.165, 1.54) is 38.5 Å². The minimum absolute atomic E-state index is 0.239. The summed E-state index contributed by atoms with van der Waals surface area (Å²) >= 11 is 0. The largest absolute Gasteiger partial charge is 0.378 e. The zero-order valence-electron chi connectivity index (χ0n) is 12.5. The number of anilines is 1. The molecule has 3 rings (SSSR count). The van der Waals surface area contributed by atoms with E-state index in [1.807, 2.05) is 43.3 Å². The van der Waals surface area contributed by atoms with E-state index in [-0.39, 0.29) is 5.91 Å². The molecule has 0 aromatic heterocycles. The molecule has 0 heterocycles. The van der Waals surface area contributed by atoms with Gasteiger partial charge in [-0.1, -0.05) is 18.9 Å². The van der Waals surface area contributed by atoms with E-state index in [4.69, 9.17) is 0 Å². The molecule has 2 aliphatic rings. The minimum atomic E-state index is 0.239. The molecule has 0 unspecified atom stereocenters.